The molecule has 0 aliphatic rings. The number of fused-ring (bicyclic) bond motifs is 1. The van der Waals surface area contributed by atoms with Gasteiger partial charge in [0.25, 0.3) is 5.91 Å². The molecule has 38 heavy (non-hydrogen) atoms. The van der Waals surface area contributed by atoms with Crippen molar-refractivity contribution in [2.75, 3.05) is 24.7 Å². The fourth-order valence-corrected chi connectivity index (χ4v) is 4.91. The molecule has 2 amide bonds. The molecular formula is C27H23ClF3N3O3S. The zero-order chi connectivity index (χ0) is 27.3. The van der Waals surface area contributed by atoms with Crippen LogP contribution < -0.4 is 15.4 Å². The van der Waals surface area contributed by atoms with Crippen molar-refractivity contribution in [3.8, 4) is 5.75 Å². The number of nitrogens with one attached hydrogen (secondary N) is 2. The van der Waals surface area contributed by atoms with E-state index in [0.29, 0.717) is 23.0 Å². The summed E-state index contributed by atoms with van der Waals surface area (Å²) in [5.41, 5.74) is 0.446. The van der Waals surface area contributed by atoms with Crippen LogP contribution in [0.2, 0.25) is 5.02 Å². The van der Waals surface area contributed by atoms with E-state index in [0.717, 1.165) is 27.9 Å². The van der Waals surface area contributed by atoms with E-state index in [1.165, 1.54) is 31.0 Å². The maximum absolute atomic E-state index is 13.0. The molecule has 0 saturated carbocycles. The van der Waals surface area contributed by atoms with Gasteiger partial charge < -0.3 is 19.9 Å². The highest BCUT2D eigenvalue weighted by atomic mass is 35.5. The number of hydrogen-bond acceptors (Lipinski definition) is 4. The summed E-state index contributed by atoms with van der Waals surface area (Å²) in [5.74, 6) is -0.191. The Kier molecular flexibility index (Phi) is 8.53. The fraction of sp³-hybridized carbons (Fsp3) is 0.185. The molecular weight excluding hydrogens is 539 g/mol. The van der Waals surface area contributed by atoms with Crippen molar-refractivity contribution in [2.45, 2.75) is 17.6 Å². The van der Waals surface area contributed by atoms with Crippen molar-refractivity contribution in [2.24, 2.45) is 0 Å². The van der Waals surface area contributed by atoms with E-state index in [2.05, 4.69) is 10.6 Å². The van der Waals surface area contributed by atoms with E-state index in [-0.39, 0.29) is 23.8 Å². The van der Waals surface area contributed by atoms with Crippen molar-refractivity contribution in [1.29, 1.82) is 0 Å². The molecule has 0 saturated heterocycles. The van der Waals surface area contributed by atoms with E-state index in [9.17, 15) is 22.8 Å². The average molecular weight is 562 g/mol. The van der Waals surface area contributed by atoms with Crippen LogP contribution in [-0.4, -0.2) is 35.8 Å². The molecule has 3 aromatic carbocycles. The molecule has 1 heterocycles. The van der Waals surface area contributed by atoms with Gasteiger partial charge >= 0.3 is 6.18 Å². The number of para-hydroxylation sites is 1. The number of benzene rings is 3. The predicted molar refractivity (Wildman–Crippen MR) is 143 cm³/mol. The van der Waals surface area contributed by atoms with Gasteiger partial charge in [-0.05, 0) is 42.5 Å². The number of rotatable bonds is 9. The van der Waals surface area contributed by atoms with Crippen LogP contribution in [0.25, 0.3) is 10.9 Å². The lowest BCUT2D eigenvalue weighted by Crippen LogP contribution is -2.27. The molecule has 11 heteroatoms. The number of ether oxygens (including phenoxy) is 1. The Morgan fingerprint density at radius 2 is 1.84 bits per heavy atom. The Morgan fingerprint density at radius 1 is 1.05 bits per heavy atom. The highest BCUT2D eigenvalue weighted by Gasteiger charge is 2.30. The summed E-state index contributed by atoms with van der Waals surface area (Å²) >= 11 is 7.39. The van der Waals surface area contributed by atoms with Gasteiger partial charge in [0.2, 0.25) is 5.91 Å². The van der Waals surface area contributed by atoms with Gasteiger partial charge in [-0.3, -0.25) is 9.59 Å². The third-order valence-electron chi connectivity index (χ3n) is 5.64. The van der Waals surface area contributed by atoms with Crippen LogP contribution in [-0.2, 0) is 17.5 Å². The number of carbonyl (C=O) groups is 2. The van der Waals surface area contributed by atoms with Crippen molar-refractivity contribution in [3.63, 3.8) is 0 Å². The Balaban J connectivity index is 1.40. The Labute approximate surface area is 226 Å². The maximum Gasteiger partial charge on any atom is 0.416 e. The number of halogens is 4. The summed E-state index contributed by atoms with van der Waals surface area (Å²) in [6.07, 6.45) is -2.63. The average Bonchev–Trinajstić information content (AvgIpc) is 3.25. The molecule has 0 unspecified atom stereocenters. The monoisotopic (exact) mass is 561 g/mol. The standard InChI is InChI=1S/C27H23ClF3N3O3S/c1-37-23-10-9-19(28)14-21(23)33-25(35)16-38-24-15-34(22-8-3-2-7-20(22)24)12-11-32-26(36)17-5-4-6-18(13-17)27(29,30)31/h2-10,13-15H,11-12,16H2,1H3,(H,32,36)(H,33,35). The zero-order valence-electron chi connectivity index (χ0n) is 20.1. The fourth-order valence-electron chi connectivity index (χ4n) is 3.85. The minimum atomic E-state index is -4.52. The quantitative estimate of drug-likeness (QED) is 0.229. The lowest BCUT2D eigenvalue weighted by molar-refractivity contribution is -0.137. The van der Waals surface area contributed by atoms with Crippen LogP contribution in [0.1, 0.15) is 15.9 Å². The van der Waals surface area contributed by atoms with Gasteiger partial charge in [-0.2, -0.15) is 13.2 Å². The van der Waals surface area contributed by atoms with Crippen LogP contribution in [0.4, 0.5) is 18.9 Å². The first-order chi connectivity index (χ1) is 18.2. The Hall–Kier alpha value is -3.63. The van der Waals surface area contributed by atoms with Gasteiger partial charge in [0, 0.05) is 45.7 Å². The number of carbonyl (C=O) groups excluding carboxylic acids is 2. The second-order valence-electron chi connectivity index (χ2n) is 8.22. The summed E-state index contributed by atoms with van der Waals surface area (Å²) < 4.78 is 46.1. The van der Waals surface area contributed by atoms with Crippen molar-refractivity contribution in [3.05, 3.63) is 89.1 Å². The van der Waals surface area contributed by atoms with Crippen LogP contribution in [0, 0.1) is 0 Å². The summed E-state index contributed by atoms with van der Waals surface area (Å²) in [6, 6.07) is 16.9. The topological polar surface area (TPSA) is 72.4 Å². The molecule has 0 atom stereocenters. The zero-order valence-corrected chi connectivity index (χ0v) is 21.7. The second-order valence-corrected chi connectivity index (χ2v) is 9.67. The van der Waals surface area contributed by atoms with Gasteiger partial charge in [-0.25, -0.2) is 0 Å². The normalized spacial score (nSPS) is 11.4. The largest absolute Gasteiger partial charge is 0.495 e. The van der Waals surface area contributed by atoms with Crippen molar-refractivity contribution in [1.82, 2.24) is 9.88 Å². The number of amides is 2. The molecule has 0 radical (unpaired) electrons. The summed E-state index contributed by atoms with van der Waals surface area (Å²) in [6.45, 7) is 0.588. The molecule has 0 spiro atoms. The minimum absolute atomic E-state index is 0.0595. The molecule has 4 aromatic rings. The summed E-state index contributed by atoms with van der Waals surface area (Å²) in [7, 11) is 1.50. The van der Waals surface area contributed by atoms with E-state index in [4.69, 9.17) is 16.3 Å². The molecule has 0 aliphatic carbocycles. The SMILES string of the molecule is COc1ccc(Cl)cc1NC(=O)CSc1cn(CCNC(=O)c2cccc(C(F)(F)F)c2)c2ccccc12. The van der Waals surface area contributed by atoms with Crippen LogP contribution in [0.5, 0.6) is 5.75 Å². The number of aromatic nitrogens is 1. The van der Waals surface area contributed by atoms with E-state index in [1.807, 2.05) is 35.0 Å². The summed E-state index contributed by atoms with van der Waals surface area (Å²) in [4.78, 5) is 25.9. The summed E-state index contributed by atoms with van der Waals surface area (Å²) in [5, 5.41) is 6.89. The third-order valence-corrected chi connectivity index (χ3v) is 6.91. The number of thioether (sulfide) groups is 1. The predicted octanol–water partition coefficient (Wildman–Crippen LogP) is 6.48. The molecule has 198 valence electrons. The van der Waals surface area contributed by atoms with Crippen LogP contribution in [0.3, 0.4) is 0 Å². The first-order valence-corrected chi connectivity index (χ1v) is 12.8. The number of methoxy groups -OCH3 is 1. The van der Waals surface area contributed by atoms with Gasteiger partial charge in [0.05, 0.1) is 24.1 Å². The van der Waals surface area contributed by atoms with E-state index in [1.54, 1.807) is 18.2 Å². The molecule has 0 aliphatic heterocycles. The van der Waals surface area contributed by atoms with Crippen LogP contribution in [0.15, 0.2) is 77.8 Å². The first kappa shape index (κ1) is 27.4. The molecule has 6 nitrogen and oxygen atoms in total. The highest BCUT2D eigenvalue weighted by Crippen LogP contribution is 2.32. The Morgan fingerprint density at radius 3 is 2.61 bits per heavy atom. The number of alkyl halides is 3. The molecule has 0 bridgehead atoms. The highest BCUT2D eigenvalue weighted by molar-refractivity contribution is 8.00. The third kappa shape index (κ3) is 6.62. The molecule has 4 rings (SSSR count). The molecule has 1 aromatic heterocycles. The lowest BCUT2D eigenvalue weighted by atomic mass is 10.1. The van der Waals surface area contributed by atoms with E-state index < -0.39 is 17.6 Å². The van der Waals surface area contributed by atoms with Gasteiger partial charge in [-0.15, -0.1) is 11.8 Å². The number of hydrogen-bond donors (Lipinski definition) is 2. The first-order valence-electron chi connectivity index (χ1n) is 11.4. The van der Waals surface area contributed by atoms with Crippen molar-refractivity contribution >= 4 is 51.8 Å². The number of anilines is 1. The van der Waals surface area contributed by atoms with Gasteiger partial charge in [0.1, 0.15) is 5.75 Å². The van der Waals surface area contributed by atoms with Crippen molar-refractivity contribution < 1.29 is 27.5 Å². The van der Waals surface area contributed by atoms with Crippen LogP contribution >= 0.6 is 23.4 Å². The number of nitrogens with zero attached hydrogens (tertiary/aromatic N) is 1. The van der Waals surface area contributed by atoms with E-state index >= 15 is 0 Å². The lowest BCUT2D eigenvalue weighted by Gasteiger charge is -2.10. The van der Waals surface area contributed by atoms with Gasteiger partial charge in [-0.1, -0.05) is 35.9 Å². The molecule has 0 fully saturated rings. The Bertz CT molecular complexity index is 1470. The van der Waals surface area contributed by atoms with Gasteiger partial charge in [0.15, 0.2) is 0 Å². The minimum Gasteiger partial charge on any atom is -0.495 e. The maximum atomic E-state index is 13.0. The smallest absolute Gasteiger partial charge is 0.416 e. The molecule has 2 N–H and O–H groups in total. The second kappa shape index (κ2) is 11.8.